The van der Waals surface area contributed by atoms with Crippen molar-refractivity contribution < 1.29 is 14.4 Å². The van der Waals surface area contributed by atoms with E-state index < -0.39 is 6.04 Å². The van der Waals surface area contributed by atoms with Gasteiger partial charge in [-0.2, -0.15) is 0 Å². The van der Waals surface area contributed by atoms with Crippen LogP contribution in [0.1, 0.15) is 22.0 Å². The molecule has 1 aliphatic heterocycles. The molecule has 1 aromatic heterocycles. The number of hydrogen-bond acceptors (Lipinski definition) is 4. The van der Waals surface area contributed by atoms with E-state index in [0.29, 0.717) is 5.56 Å². The summed E-state index contributed by atoms with van der Waals surface area (Å²) in [6.45, 7) is 0.221. The predicted octanol–water partition coefficient (Wildman–Crippen LogP) is 3.89. The largest absolute Gasteiger partial charge is 0.340 e. The lowest BCUT2D eigenvalue weighted by atomic mass is 10.0. The zero-order chi connectivity index (χ0) is 18.3. The lowest BCUT2D eigenvalue weighted by molar-refractivity contribution is -0.113. The number of benzene rings is 2. The Morgan fingerprint density at radius 3 is 2.50 bits per heavy atom. The molecule has 26 heavy (non-hydrogen) atoms. The van der Waals surface area contributed by atoms with E-state index in [4.69, 9.17) is 0 Å². The quantitative estimate of drug-likeness (QED) is 0.659. The van der Waals surface area contributed by atoms with Crippen LogP contribution in [0.15, 0.2) is 60.8 Å². The van der Waals surface area contributed by atoms with Crippen molar-refractivity contribution in [2.75, 3.05) is 7.05 Å². The van der Waals surface area contributed by atoms with Gasteiger partial charge in [-0.05, 0) is 17.7 Å². The van der Waals surface area contributed by atoms with Gasteiger partial charge in [0.15, 0.2) is 5.78 Å². The molecule has 1 aliphatic rings. The summed E-state index contributed by atoms with van der Waals surface area (Å²) in [6.07, 6.45) is 1.85. The Morgan fingerprint density at radius 2 is 1.81 bits per heavy atom. The van der Waals surface area contributed by atoms with Crippen molar-refractivity contribution in [1.29, 1.82) is 0 Å². The van der Waals surface area contributed by atoms with Crippen LogP contribution in [0.25, 0.3) is 10.9 Å². The van der Waals surface area contributed by atoms with Crippen molar-refractivity contribution in [3.63, 3.8) is 0 Å². The van der Waals surface area contributed by atoms with Crippen LogP contribution in [0.5, 0.6) is 0 Å². The van der Waals surface area contributed by atoms with Gasteiger partial charge in [0, 0.05) is 41.5 Å². The van der Waals surface area contributed by atoms with Gasteiger partial charge in [0.05, 0.1) is 6.54 Å². The highest BCUT2D eigenvalue weighted by molar-refractivity contribution is 8.26. The molecule has 1 saturated heterocycles. The Hall–Kier alpha value is -2.86. The summed E-state index contributed by atoms with van der Waals surface area (Å²) in [4.78, 5) is 38.1. The fourth-order valence-corrected chi connectivity index (χ4v) is 4.12. The number of fused-ring (bicyclic) bond motifs is 1. The summed E-state index contributed by atoms with van der Waals surface area (Å²) in [6, 6.07) is 16.1. The first kappa shape index (κ1) is 16.6. The molecule has 1 amide bonds. The minimum Gasteiger partial charge on any atom is -0.340 e. The Labute approximate surface area is 154 Å². The molecule has 0 N–H and O–H groups in total. The first-order valence-corrected chi connectivity index (χ1v) is 9.02. The van der Waals surface area contributed by atoms with Crippen LogP contribution >= 0.6 is 11.8 Å². The number of rotatable bonds is 4. The Kier molecular flexibility index (Phi) is 4.12. The number of Topliss-reactive ketones (excluding diaryl/α,β-unsaturated/α-hetero) is 1. The van der Waals surface area contributed by atoms with E-state index in [-0.39, 0.29) is 22.7 Å². The molecule has 130 valence electrons. The molecule has 0 aliphatic carbocycles. The molecule has 3 aromatic rings. The molecular formula is C20H16N2O3S. The van der Waals surface area contributed by atoms with Crippen molar-refractivity contribution in [2.24, 2.45) is 0 Å². The lowest BCUT2D eigenvalue weighted by Gasteiger charge is -2.18. The molecule has 2 aromatic carbocycles. The second-order valence-corrected chi connectivity index (χ2v) is 7.17. The fourth-order valence-electron chi connectivity index (χ4n) is 3.31. The van der Waals surface area contributed by atoms with Crippen LogP contribution in [0, 0.1) is 0 Å². The van der Waals surface area contributed by atoms with E-state index in [0.717, 1.165) is 28.2 Å². The predicted molar refractivity (Wildman–Crippen MR) is 101 cm³/mol. The average molecular weight is 364 g/mol. The SMILES string of the molecule is CN1C(=O)SC(=O)C1c1cccc2c1ccn2CC(=O)c1ccccc1. The highest BCUT2D eigenvalue weighted by Gasteiger charge is 2.39. The Bertz CT molecular complexity index is 1030. The van der Waals surface area contributed by atoms with Gasteiger partial charge in [-0.25, -0.2) is 0 Å². The minimum absolute atomic E-state index is 0.0216. The summed E-state index contributed by atoms with van der Waals surface area (Å²) in [7, 11) is 1.64. The van der Waals surface area contributed by atoms with E-state index in [1.807, 2.05) is 53.2 Å². The summed E-state index contributed by atoms with van der Waals surface area (Å²) in [5.74, 6) is 0.0216. The smallest absolute Gasteiger partial charge is 0.289 e. The summed E-state index contributed by atoms with van der Waals surface area (Å²) < 4.78 is 1.88. The van der Waals surface area contributed by atoms with Crippen LogP contribution in [0.4, 0.5) is 4.79 Å². The normalized spacial score (nSPS) is 17.3. The number of aromatic nitrogens is 1. The monoisotopic (exact) mass is 364 g/mol. The molecule has 0 bridgehead atoms. The average Bonchev–Trinajstić information content (AvgIpc) is 3.16. The highest BCUT2D eigenvalue weighted by atomic mass is 32.2. The molecule has 5 nitrogen and oxygen atoms in total. The second kappa shape index (κ2) is 6.46. The third kappa shape index (κ3) is 2.72. The first-order chi connectivity index (χ1) is 12.6. The standard InChI is InChI=1S/C20H16N2O3S/c1-21-18(19(24)26-20(21)25)15-8-5-9-16-14(15)10-11-22(16)12-17(23)13-6-3-2-4-7-13/h2-11,18H,12H2,1H3. The number of carbonyl (C=O) groups excluding carboxylic acids is 3. The maximum absolute atomic E-state index is 12.5. The Balaban J connectivity index is 1.71. The molecule has 0 saturated carbocycles. The number of likely N-dealkylation sites (N-methyl/N-ethyl adjacent to an activating group) is 1. The van der Waals surface area contributed by atoms with Crippen LogP contribution in [0.3, 0.4) is 0 Å². The van der Waals surface area contributed by atoms with Gasteiger partial charge in [-0.1, -0.05) is 42.5 Å². The third-order valence-corrected chi connectivity index (χ3v) is 5.53. The van der Waals surface area contributed by atoms with Crippen LogP contribution in [-0.4, -0.2) is 32.7 Å². The van der Waals surface area contributed by atoms with Gasteiger partial charge in [-0.3, -0.25) is 14.4 Å². The summed E-state index contributed by atoms with van der Waals surface area (Å²) in [5, 5.41) is 0.475. The molecule has 0 radical (unpaired) electrons. The van der Waals surface area contributed by atoms with Crippen molar-refractivity contribution in [2.45, 2.75) is 12.6 Å². The van der Waals surface area contributed by atoms with Gasteiger partial charge in [-0.15, -0.1) is 0 Å². The van der Waals surface area contributed by atoms with E-state index in [1.54, 1.807) is 19.2 Å². The van der Waals surface area contributed by atoms with Crippen molar-refractivity contribution in [3.8, 4) is 0 Å². The zero-order valence-electron chi connectivity index (χ0n) is 14.1. The number of ketones is 1. The van der Waals surface area contributed by atoms with Crippen LogP contribution < -0.4 is 0 Å². The molecule has 1 atom stereocenters. The van der Waals surface area contributed by atoms with Gasteiger partial charge >= 0.3 is 0 Å². The van der Waals surface area contributed by atoms with Gasteiger partial charge in [0.2, 0.25) is 5.12 Å². The first-order valence-electron chi connectivity index (χ1n) is 8.21. The Morgan fingerprint density at radius 1 is 1.04 bits per heavy atom. The van der Waals surface area contributed by atoms with Gasteiger partial charge in [0.1, 0.15) is 6.04 Å². The fraction of sp³-hybridized carbons (Fsp3) is 0.150. The number of hydrogen-bond donors (Lipinski definition) is 0. The zero-order valence-corrected chi connectivity index (χ0v) is 14.9. The molecule has 0 spiro atoms. The molecule has 6 heteroatoms. The summed E-state index contributed by atoms with van der Waals surface area (Å²) in [5.41, 5.74) is 2.33. The molecule has 2 heterocycles. The van der Waals surface area contributed by atoms with Gasteiger partial charge < -0.3 is 9.47 Å². The molecule has 1 unspecified atom stereocenters. The van der Waals surface area contributed by atoms with Crippen molar-refractivity contribution in [1.82, 2.24) is 9.47 Å². The molecular weight excluding hydrogens is 348 g/mol. The topological polar surface area (TPSA) is 59.4 Å². The van der Waals surface area contributed by atoms with Gasteiger partial charge in [0.25, 0.3) is 5.24 Å². The van der Waals surface area contributed by atoms with E-state index in [2.05, 4.69) is 0 Å². The van der Waals surface area contributed by atoms with Crippen LogP contribution in [0.2, 0.25) is 0 Å². The number of carbonyl (C=O) groups is 3. The summed E-state index contributed by atoms with van der Waals surface area (Å²) >= 11 is 0.742. The number of thioether (sulfide) groups is 1. The van der Waals surface area contributed by atoms with E-state index in [1.165, 1.54) is 4.90 Å². The van der Waals surface area contributed by atoms with Crippen LogP contribution in [-0.2, 0) is 11.3 Å². The molecule has 1 fully saturated rings. The maximum Gasteiger partial charge on any atom is 0.289 e. The molecule has 4 rings (SSSR count). The second-order valence-electron chi connectivity index (χ2n) is 6.21. The minimum atomic E-state index is -0.586. The third-order valence-electron chi connectivity index (χ3n) is 4.64. The van der Waals surface area contributed by atoms with E-state index >= 15 is 0 Å². The highest BCUT2D eigenvalue weighted by Crippen LogP contribution is 2.38. The lowest BCUT2D eigenvalue weighted by Crippen LogP contribution is -2.23. The van der Waals surface area contributed by atoms with E-state index in [9.17, 15) is 14.4 Å². The number of amides is 1. The van der Waals surface area contributed by atoms with Crippen molar-refractivity contribution >= 4 is 38.8 Å². The number of nitrogens with zero attached hydrogens (tertiary/aromatic N) is 2. The van der Waals surface area contributed by atoms with Crippen molar-refractivity contribution in [3.05, 3.63) is 71.9 Å². The maximum atomic E-state index is 12.5.